The predicted molar refractivity (Wildman–Crippen MR) is 88.7 cm³/mol. The predicted octanol–water partition coefficient (Wildman–Crippen LogP) is 1.72. The lowest BCUT2D eigenvalue weighted by Crippen LogP contribution is -2.41. The second kappa shape index (κ2) is 7.39. The Kier molecular flexibility index (Phi) is 5.22. The molecule has 2 heterocycles. The summed E-state index contributed by atoms with van der Waals surface area (Å²) in [7, 11) is 1.37. The van der Waals surface area contributed by atoms with Crippen molar-refractivity contribution in [1.29, 1.82) is 0 Å². The van der Waals surface area contributed by atoms with Gasteiger partial charge in [-0.2, -0.15) is 0 Å². The van der Waals surface area contributed by atoms with Crippen molar-refractivity contribution in [2.24, 2.45) is 11.7 Å². The van der Waals surface area contributed by atoms with E-state index in [1.807, 2.05) is 0 Å². The Bertz CT molecular complexity index is 658. The molecule has 0 aromatic heterocycles. The van der Waals surface area contributed by atoms with E-state index in [0.717, 1.165) is 19.3 Å². The third-order valence-corrected chi connectivity index (χ3v) is 5.12. The largest absolute Gasteiger partial charge is 0.494 e. The Morgan fingerprint density at radius 2 is 1.96 bits per heavy atom. The van der Waals surface area contributed by atoms with Crippen molar-refractivity contribution in [2.45, 2.75) is 37.9 Å². The van der Waals surface area contributed by atoms with Gasteiger partial charge in [0.1, 0.15) is 6.10 Å². The Morgan fingerprint density at radius 3 is 2.56 bits per heavy atom. The van der Waals surface area contributed by atoms with Crippen molar-refractivity contribution in [3.05, 3.63) is 29.6 Å². The molecule has 25 heavy (non-hydrogen) atoms. The maximum atomic E-state index is 13.5. The number of rotatable bonds is 4. The second-order valence-corrected chi connectivity index (χ2v) is 6.62. The number of benzene rings is 1. The fourth-order valence-corrected chi connectivity index (χ4v) is 3.67. The minimum Gasteiger partial charge on any atom is -0.494 e. The molecule has 2 fully saturated rings. The smallest absolute Gasteiger partial charge is 0.253 e. The first-order chi connectivity index (χ1) is 12.0. The van der Waals surface area contributed by atoms with Crippen molar-refractivity contribution >= 4 is 11.8 Å². The number of nitrogens with zero attached hydrogens (tertiary/aromatic N) is 1. The van der Waals surface area contributed by atoms with Crippen LogP contribution in [0.4, 0.5) is 4.39 Å². The van der Waals surface area contributed by atoms with Crippen LogP contribution in [0.2, 0.25) is 0 Å². The summed E-state index contributed by atoms with van der Waals surface area (Å²) < 4.78 is 24.2. The molecule has 2 saturated heterocycles. The van der Waals surface area contributed by atoms with Crippen molar-refractivity contribution in [1.82, 2.24) is 4.90 Å². The Hall–Kier alpha value is -2.15. The maximum absolute atomic E-state index is 13.5. The van der Waals surface area contributed by atoms with Crippen LogP contribution in [0, 0.1) is 11.7 Å². The molecule has 136 valence electrons. The summed E-state index contributed by atoms with van der Waals surface area (Å²) in [5.41, 5.74) is 5.72. The van der Waals surface area contributed by atoms with E-state index in [9.17, 15) is 14.0 Å². The number of carbonyl (C=O) groups is 2. The summed E-state index contributed by atoms with van der Waals surface area (Å²) in [6.45, 7) is 1.23. The van der Waals surface area contributed by atoms with E-state index in [2.05, 4.69) is 0 Å². The fourth-order valence-electron chi connectivity index (χ4n) is 3.67. The van der Waals surface area contributed by atoms with Crippen LogP contribution >= 0.6 is 0 Å². The molecular formula is C18H23FN2O4. The monoisotopic (exact) mass is 350 g/mol. The van der Waals surface area contributed by atoms with Gasteiger partial charge >= 0.3 is 0 Å². The first-order valence-electron chi connectivity index (χ1n) is 8.57. The zero-order valence-electron chi connectivity index (χ0n) is 14.2. The summed E-state index contributed by atoms with van der Waals surface area (Å²) in [6.07, 6.45) is 2.72. The quantitative estimate of drug-likeness (QED) is 0.896. The number of methoxy groups -OCH3 is 1. The molecule has 6 nitrogen and oxygen atoms in total. The molecular weight excluding hydrogens is 327 g/mol. The minimum absolute atomic E-state index is 0.0423. The van der Waals surface area contributed by atoms with Crippen LogP contribution in [0.25, 0.3) is 0 Å². The molecule has 0 unspecified atom stereocenters. The number of likely N-dealkylation sites (tertiary alicyclic amines) is 1. The lowest BCUT2D eigenvalue weighted by Gasteiger charge is -2.34. The maximum Gasteiger partial charge on any atom is 0.253 e. The van der Waals surface area contributed by atoms with E-state index < -0.39 is 17.8 Å². The molecule has 2 N–H and O–H groups in total. The molecule has 2 amide bonds. The van der Waals surface area contributed by atoms with Crippen LogP contribution < -0.4 is 10.5 Å². The molecule has 3 rings (SSSR count). The molecule has 1 aromatic carbocycles. The molecule has 7 heteroatoms. The van der Waals surface area contributed by atoms with Crippen molar-refractivity contribution in [3.8, 4) is 5.75 Å². The molecule has 0 radical (unpaired) electrons. The average Bonchev–Trinajstić information content (AvgIpc) is 3.12. The van der Waals surface area contributed by atoms with E-state index in [-0.39, 0.29) is 17.8 Å². The number of amides is 2. The average molecular weight is 350 g/mol. The van der Waals surface area contributed by atoms with Gasteiger partial charge in [0.25, 0.3) is 5.91 Å². The van der Waals surface area contributed by atoms with Gasteiger partial charge in [-0.3, -0.25) is 9.59 Å². The van der Waals surface area contributed by atoms with Gasteiger partial charge in [-0.15, -0.1) is 0 Å². The van der Waals surface area contributed by atoms with Crippen LogP contribution in [-0.2, 0) is 9.53 Å². The lowest BCUT2D eigenvalue weighted by molar-refractivity contribution is -0.130. The molecule has 0 bridgehead atoms. The minimum atomic E-state index is -0.486. The van der Waals surface area contributed by atoms with Crippen LogP contribution in [-0.4, -0.2) is 49.1 Å². The summed E-state index contributed by atoms with van der Waals surface area (Å²) in [5.74, 6) is -0.617. The molecule has 1 aromatic rings. The Morgan fingerprint density at radius 1 is 1.24 bits per heavy atom. The van der Waals surface area contributed by atoms with E-state index in [1.54, 1.807) is 4.90 Å². The number of ether oxygens (including phenoxy) is 2. The van der Waals surface area contributed by atoms with Crippen LogP contribution in [0.5, 0.6) is 5.75 Å². The normalized spacial score (nSPS) is 24.3. The zero-order valence-corrected chi connectivity index (χ0v) is 14.2. The molecule has 0 spiro atoms. The number of carbonyl (C=O) groups excluding carboxylic acids is 2. The van der Waals surface area contributed by atoms with Gasteiger partial charge in [0.2, 0.25) is 5.91 Å². The number of halogens is 1. The number of nitrogens with two attached hydrogens (primary N) is 1. The topological polar surface area (TPSA) is 81.9 Å². The third-order valence-electron chi connectivity index (χ3n) is 5.12. The van der Waals surface area contributed by atoms with Crippen molar-refractivity contribution in [3.63, 3.8) is 0 Å². The molecule has 2 atom stereocenters. The van der Waals surface area contributed by atoms with E-state index in [0.29, 0.717) is 31.0 Å². The van der Waals surface area contributed by atoms with Crippen molar-refractivity contribution in [2.75, 3.05) is 20.2 Å². The number of primary amides is 1. The van der Waals surface area contributed by atoms with Gasteiger partial charge < -0.3 is 20.1 Å². The van der Waals surface area contributed by atoms with Gasteiger partial charge in [-0.1, -0.05) is 0 Å². The summed E-state index contributed by atoms with van der Waals surface area (Å²) in [5, 5.41) is 0. The van der Waals surface area contributed by atoms with Crippen LogP contribution in [0.3, 0.4) is 0 Å². The highest BCUT2D eigenvalue weighted by molar-refractivity contribution is 5.94. The second-order valence-electron chi connectivity index (χ2n) is 6.62. The fraction of sp³-hybridized carbons (Fsp3) is 0.556. The van der Waals surface area contributed by atoms with Gasteiger partial charge in [0.05, 0.1) is 13.2 Å². The van der Waals surface area contributed by atoms with Gasteiger partial charge in [-0.05, 0) is 49.8 Å². The summed E-state index contributed by atoms with van der Waals surface area (Å²) in [6, 6.07) is 4.15. The molecule has 0 saturated carbocycles. The summed E-state index contributed by atoms with van der Waals surface area (Å²) >= 11 is 0. The molecule has 2 aliphatic rings. The Balaban J connectivity index is 1.57. The third kappa shape index (κ3) is 3.76. The Labute approximate surface area is 146 Å². The van der Waals surface area contributed by atoms with Gasteiger partial charge in [-0.25, -0.2) is 4.39 Å². The number of piperidine rings is 1. The van der Waals surface area contributed by atoms with Gasteiger partial charge in [0, 0.05) is 18.7 Å². The first-order valence-corrected chi connectivity index (χ1v) is 8.57. The standard InChI is InChI=1S/C18H23FN2O4/c1-24-16-10-12(2-3-13(16)19)18(23)21-8-6-11(7-9-21)14-4-5-15(25-14)17(20)22/h2-3,10-11,14-15H,4-9H2,1H3,(H2,20,22)/t14-,15+/m0/s1. The van der Waals surface area contributed by atoms with Crippen molar-refractivity contribution < 1.29 is 23.5 Å². The number of hydrogen-bond donors (Lipinski definition) is 1. The van der Waals surface area contributed by atoms with Crippen LogP contribution in [0.15, 0.2) is 18.2 Å². The first kappa shape index (κ1) is 17.7. The highest BCUT2D eigenvalue weighted by atomic mass is 19.1. The SMILES string of the molecule is COc1cc(C(=O)N2CCC([C@@H]3CC[C@H](C(N)=O)O3)CC2)ccc1F. The molecule has 0 aliphatic carbocycles. The molecule has 2 aliphatic heterocycles. The van der Waals surface area contributed by atoms with E-state index in [4.69, 9.17) is 15.2 Å². The lowest BCUT2D eigenvalue weighted by atomic mass is 9.89. The highest BCUT2D eigenvalue weighted by Gasteiger charge is 2.36. The van der Waals surface area contributed by atoms with Crippen LogP contribution in [0.1, 0.15) is 36.0 Å². The van der Waals surface area contributed by atoms with E-state index in [1.165, 1.54) is 25.3 Å². The van der Waals surface area contributed by atoms with Gasteiger partial charge in [0.15, 0.2) is 11.6 Å². The summed E-state index contributed by atoms with van der Waals surface area (Å²) in [4.78, 5) is 25.6. The van der Waals surface area contributed by atoms with E-state index >= 15 is 0 Å². The number of hydrogen-bond acceptors (Lipinski definition) is 4. The zero-order chi connectivity index (χ0) is 18.0. The highest BCUT2D eigenvalue weighted by Crippen LogP contribution is 2.32.